The van der Waals surface area contributed by atoms with Gasteiger partial charge in [0.1, 0.15) is 0 Å². The quantitative estimate of drug-likeness (QED) is 0.599. The number of hydrogen-bond acceptors (Lipinski definition) is 2. The summed E-state index contributed by atoms with van der Waals surface area (Å²) >= 11 is 0. The molecule has 0 aliphatic carbocycles. The minimum atomic E-state index is -0.156. The molecule has 1 fully saturated rings. The first-order chi connectivity index (χ1) is 4.29. The van der Waals surface area contributed by atoms with Crippen molar-refractivity contribution in [2.75, 3.05) is 13.2 Å². The molecule has 0 aromatic rings. The van der Waals surface area contributed by atoms with Crippen molar-refractivity contribution in [2.24, 2.45) is 5.92 Å². The molecule has 0 bridgehead atoms. The van der Waals surface area contributed by atoms with Gasteiger partial charge in [0.25, 0.3) is 0 Å². The number of aliphatic hydroxyl groups excluding tert-OH is 1. The summed E-state index contributed by atoms with van der Waals surface area (Å²) in [6, 6.07) is 0. The Morgan fingerprint density at radius 1 is 1.78 bits per heavy atom. The van der Waals surface area contributed by atoms with Crippen LogP contribution in [0.3, 0.4) is 0 Å². The highest BCUT2D eigenvalue weighted by Crippen LogP contribution is 2.17. The van der Waals surface area contributed by atoms with Gasteiger partial charge in [-0.1, -0.05) is 0 Å². The van der Waals surface area contributed by atoms with Crippen LogP contribution in [0.4, 0.5) is 0 Å². The smallest absolute Gasteiger partial charge is 0.0515 e. The SMILES string of the molecule is C[C@@H](O)CC1CCOC1. The lowest BCUT2D eigenvalue weighted by Gasteiger charge is -2.08. The first-order valence-corrected chi connectivity index (χ1v) is 3.55. The van der Waals surface area contributed by atoms with Crippen molar-refractivity contribution in [2.45, 2.75) is 25.9 Å². The van der Waals surface area contributed by atoms with Crippen LogP contribution >= 0.6 is 0 Å². The maximum absolute atomic E-state index is 8.96. The number of aliphatic hydroxyl groups is 1. The fraction of sp³-hybridized carbons (Fsp3) is 1.00. The molecule has 2 nitrogen and oxygen atoms in total. The van der Waals surface area contributed by atoms with E-state index in [-0.39, 0.29) is 6.10 Å². The van der Waals surface area contributed by atoms with Crippen LogP contribution in [0, 0.1) is 5.92 Å². The van der Waals surface area contributed by atoms with E-state index >= 15 is 0 Å². The van der Waals surface area contributed by atoms with Gasteiger partial charge in [-0.05, 0) is 25.7 Å². The van der Waals surface area contributed by atoms with Crippen LogP contribution in [0.2, 0.25) is 0 Å². The number of hydrogen-bond donors (Lipinski definition) is 1. The van der Waals surface area contributed by atoms with Crippen LogP contribution in [-0.4, -0.2) is 24.4 Å². The predicted octanol–water partition coefficient (Wildman–Crippen LogP) is 0.794. The van der Waals surface area contributed by atoms with Crippen LogP contribution < -0.4 is 0 Å². The standard InChI is InChI=1S/C7H14O2/c1-6(8)4-7-2-3-9-5-7/h6-8H,2-5H2,1H3/t6-,7?/m1/s1. The highest BCUT2D eigenvalue weighted by molar-refractivity contribution is 4.66. The molecule has 2 atom stereocenters. The van der Waals surface area contributed by atoms with Crippen LogP contribution in [0.1, 0.15) is 19.8 Å². The molecule has 1 heterocycles. The van der Waals surface area contributed by atoms with Gasteiger partial charge < -0.3 is 9.84 Å². The molecule has 1 unspecified atom stereocenters. The molecule has 9 heavy (non-hydrogen) atoms. The maximum Gasteiger partial charge on any atom is 0.0515 e. The second kappa shape index (κ2) is 3.18. The lowest BCUT2D eigenvalue weighted by molar-refractivity contribution is 0.141. The molecule has 54 valence electrons. The summed E-state index contributed by atoms with van der Waals surface area (Å²) in [5.74, 6) is 0.616. The van der Waals surface area contributed by atoms with Crippen molar-refractivity contribution in [1.29, 1.82) is 0 Å². The lowest BCUT2D eigenvalue weighted by Crippen LogP contribution is -2.09. The van der Waals surface area contributed by atoms with Crippen LogP contribution in [0.25, 0.3) is 0 Å². The molecule has 0 spiro atoms. The van der Waals surface area contributed by atoms with Crippen molar-refractivity contribution < 1.29 is 9.84 Å². The predicted molar refractivity (Wildman–Crippen MR) is 35.2 cm³/mol. The monoisotopic (exact) mass is 130 g/mol. The Bertz CT molecular complexity index is 75.0. The fourth-order valence-corrected chi connectivity index (χ4v) is 1.25. The maximum atomic E-state index is 8.96. The average Bonchev–Trinajstić information content (AvgIpc) is 2.15. The van der Waals surface area contributed by atoms with Crippen molar-refractivity contribution in [1.82, 2.24) is 0 Å². The highest BCUT2D eigenvalue weighted by Gasteiger charge is 2.16. The molecule has 0 aromatic heterocycles. The van der Waals surface area contributed by atoms with Crippen LogP contribution in [0.5, 0.6) is 0 Å². The zero-order valence-electron chi connectivity index (χ0n) is 5.84. The van der Waals surface area contributed by atoms with Gasteiger partial charge in [0.15, 0.2) is 0 Å². The van der Waals surface area contributed by atoms with E-state index in [4.69, 9.17) is 9.84 Å². The largest absolute Gasteiger partial charge is 0.393 e. The zero-order valence-corrected chi connectivity index (χ0v) is 5.84. The molecule has 0 amide bonds. The average molecular weight is 130 g/mol. The first kappa shape index (κ1) is 7.03. The molecule has 0 saturated carbocycles. The summed E-state index contributed by atoms with van der Waals surface area (Å²) in [4.78, 5) is 0. The Hall–Kier alpha value is -0.0800. The Morgan fingerprint density at radius 3 is 3.00 bits per heavy atom. The lowest BCUT2D eigenvalue weighted by atomic mass is 10.0. The summed E-state index contributed by atoms with van der Waals surface area (Å²) in [5.41, 5.74) is 0. The molecular formula is C7H14O2. The second-order valence-electron chi connectivity index (χ2n) is 2.81. The van der Waals surface area contributed by atoms with E-state index in [9.17, 15) is 0 Å². The van der Waals surface area contributed by atoms with Crippen molar-refractivity contribution >= 4 is 0 Å². The van der Waals surface area contributed by atoms with Gasteiger partial charge in [0.05, 0.1) is 6.10 Å². The third-order valence-corrected chi connectivity index (χ3v) is 1.70. The van der Waals surface area contributed by atoms with Gasteiger partial charge in [-0.2, -0.15) is 0 Å². The van der Waals surface area contributed by atoms with Crippen molar-refractivity contribution in [3.8, 4) is 0 Å². The van der Waals surface area contributed by atoms with Crippen LogP contribution in [-0.2, 0) is 4.74 Å². The summed E-state index contributed by atoms with van der Waals surface area (Å²) in [5, 5.41) is 8.96. The van der Waals surface area contributed by atoms with Crippen molar-refractivity contribution in [3.63, 3.8) is 0 Å². The third kappa shape index (κ3) is 2.33. The topological polar surface area (TPSA) is 29.5 Å². The number of rotatable bonds is 2. The molecule has 1 rings (SSSR count). The van der Waals surface area contributed by atoms with E-state index in [1.54, 1.807) is 0 Å². The Morgan fingerprint density at radius 2 is 2.56 bits per heavy atom. The van der Waals surface area contributed by atoms with Gasteiger partial charge in [0.2, 0.25) is 0 Å². The minimum Gasteiger partial charge on any atom is -0.393 e. The van der Waals surface area contributed by atoms with E-state index < -0.39 is 0 Å². The molecule has 2 heteroatoms. The van der Waals surface area contributed by atoms with Gasteiger partial charge in [-0.3, -0.25) is 0 Å². The molecule has 1 N–H and O–H groups in total. The molecule has 1 saturated heterocycles. The van der Waals surface area contributed by atoms with E-state index in [2.05, 4.69) is 0 Å². The third-order valence-electron chi connectivity index (χ3n) is 1.70. The molecule has 1 aliphatic heterocycles. The highest BCUT2D eigenvalue weighted by atomic mass is 16.5. The van der Waals surface area contributed by atoms with Gasteiger partial charge in [0, 0.05) is 13.2 Å². The summed E-state index contributed by atoms with van der Waals surface area (Å²) in [6.45, 7) is 3.57. The summed E-state index contributed by atoms with van der Waals surface area (Å²) in [6.07, 6.45) is 1.88. The molecule has 0 aromatic carbocycles. The van der Waals surface area contributed by atoms with E-state index in [0.717, 1.165) is 26.1 Å². The Kier molecular flexibility index (Phi) is 2.49. The zero-order chi connectivity index (χ0) is 6.69. The van der Waals surface area contributed by atoms with Gasteiger partial charge in [-0.15, -0.1) is 0 Å². The fourth-order valence-electron chi connectivity index (χ4n) is 1.25. The Labute approximate surface area is 55.8 Å². The molecule has 1 aliphatic rings. The normalized spacial score (nSPS) is 30.7. The van der Waals surface area contributed by atoms with Gasteiger partial charge >= 0.3 is 0 Å². The molecular weight excluding hydrogens is 116 g/mol. The first-order valence-electron chi connectivity index (χ1n) is 3.55. The van der Waals surface area contributed by atoms with E-state index in [1.165, 1.54) is 0 Å². The van der Waals surface area contributed by atoms with Crippen molar-refractivity contribution in [3.05, 3.63) is 0 Å². The van der Waals surface area contributed by atoms with Crippen LogP contribution in [0.15, 0.2) is 0 Å². The summed E-state index contributed by atoms with van der Waals surface area (Å²) in [7, 11) is 0. The second-order valence-corrected chi connectivity index (χ2v) is 2.81. The van der Waals surface area contributed by atoms with E-state index in [1.807, 2.05) is 6.92 Å². The minimum absolute atomic E-state index is 0.156. The number of ether oxygens (including phenoxy) is 1. The summed E-state index contributed by atoms with van der Waals surface area (Å²) < 4.78 is 5.15. The van der Waals surface area contributed by atoms with Gasteiger partial charge in [-0.25, -0.2) is 0 Å². The molecule has 0 radical (unpaired) electrons. The van der Waals surface area contributed by atoms with E-state index in [0.29, 0.717) is 5.92 Å². The Balaban J connectivity index is 2.11.